The van der Waals surface area contributed by atoms with Gasteiger partial charge in [-0.15, -0.1) is 11.3 Å². The van der Waals surface area contributed by atoms with Gasteiger partial charge in [-0.1, -0.05) is 12.1 Å². The molecule has 0 fully saturated rings. The van der Waals surface area contributed by atoms with Gasteiger partial charge >= 0.3 is 0 Å². The Kier molecular flexibility index (Phi) is 6.26. The SMILES string of the molecule is Cc1ccc(S(=O)(=O)CCC(=O)N[C@@H](c2ccncc2)c2cccs2)cc1C. The lowest BCUT2D eigenvalue weighted by molar-refractivity contribution is -0.121. The third-order valence-corrected chi connectivity index (χ3v) is 7.26. The summed E-state index contributed by atoms with van der Waals surface area (Å²) in [6.45, 7) is 3.81. The third-order valence-electron chi connectivity index (χ3n) is 4.61. The maximum absolute atomic E-state index is 12.6. The molecule has 0 radical (unpaired) electrons. The van der Waals surface area contributed by atoms with Gasteiger partial charge in [0.1, 0.15) is 0 Å². The van der Waals surface area contributed by atoms with Crippen LogP contribution in [0.4, 0.5) is 0 Å². The van der Waals surface area contributed by atoms with Crippen LogP contribution in [0.25, 0.3) is 0 Å². The van der Waals surface area contributed by atoms with Gasteiger partial charge in [0.05, 0.1) is 16.7 Å². The number of carbonyl (C=O) groups is 1. The van der Waals surface area contributed by atoms with Gasteiger partial charge in [-0.2, -0.15) is 0 Å². The van der Waals surface area contributed by atoms with E-state index in [1.165, 1.54) is 11.3 Å². The summed E-state index contributed by atoms with van der Waals surface area (Å²) in [7, 11) is -3.52. The summed E-state index contributed by atoms with van der Waals surface area (Å²) >= 11 is 1.54. The zero-order chi connectivity index (χ0) is 20.1. The Bertz CT molecular complexity index is 1050. The van der Waals surface area contributed by atoms with Crippen LogP contribution in [0, 0.1) is 13.8 Å². The van der Waals surface area contributed by atoms with Crippen molar-refractivity contribution in [3.63, 3.8) is 0 Å². The highest BCUT2D eigenvalue weighted by Gasteiger charge is 2.21. The fraction of sp³-hybridized carbons (Fsp3) is 0.238. The minimum absolute atomic E-state index is 0.0950. The molecule has 0 bridgehead atoms. The summed E-state index contributed by atoms with van der Waals surface area (Å²) < 4.78 is 25.2. The highest BCUT2D eigenvalue weighted by atomic mass is 32.2. The molecule has 1 aromatic carbocycles. The van der Waals surface area contributed by atoms with Gasteiger partial charge in [0.25, 0.3) is 0 Å². The molecule has 28 heavy (non-hydrogen) atoms. The first-order valence-corrected chi connectivity index (χ1v) is 11.4. The summed E-state index contributed by atoms with van der Waals surface area (Å²) in [6.07, 6.45) is 3.25. The van der Waals surface area contributed by atoms with Crippen molar-refractivity contribution in [1.82, 2.24) is 10.3 Å². The average Bonchev–Trinajstić information content (AvgIpc) is 3.22. The van der Waals surface area contributed by atoms with Crippen LogP contribution in [-0.4, -0.2) is 25.1 Å². The topological polar surface area (TPSA) is 76.1 Å². The number of hydrogen-bond donors (Lipinski definition) is 1. The normalized spacial score (nSPS) is 12.5. The molecular formula is C21H22N2O3S2. The second kappa shape index (κ2) is 8.67. The van der Waals surface area contributed by atoms with E-state index in [9.17, 15) is 13.2 Å². The van der Waals surface area contributed by atoms with Gasteiger partial charge < -0.3 is 5.32 Å². The summed E-state index contributed by atoms with van der Waals surface area (Å²) in [5, 5.41) is 4.90. The molecule has 0 saturated carbocycles. The Morgan fingerprint density at radius 3 is 2.50 bits per heavy atom. The first-order chi connectivity index (χ1) is 13.4. The summed E-state index contributed by atoms with van der Waals surface area (Å²) in [6, 6.07) is 12.3. The Balaban J connectivity index is 1.70. The molecule has 1 N–H and O–H groups in total. The molecule has 146 valence electrons. The van der Waals surface area contributed by atoms with E-state index in [1.807, 2.05) is 43.5 Å². The Morgan fingerprint density at radius 1 is 1.11 bits per heavy atom. The molecule has 5 nitrogen and oxygen atoms in total. The second-order valence-corrected chi connectivity index (χ2v) is 9.70. The lowest BCUT2D eigenvalue weighted by Gasteiger charge is -2.18. The molecule has 0 unspecified atom stereocenters. The van der Waals surface area contributed by atoms with E-state index in [4.69, 9.17) is 0 Å². The molecule has 7 heteroatoms. The van der Waals surface area contributed by atoms with Crippen LogP contribution in [0.2, 0.25) is 0 Å². The quantitative estimate of drug-likeness (QED) is 0.637. The number of thiophene rings is 1. The Hall–Kier alpha value is -2.51. The molecular weight excluding hydrogens is 392 g/mol. The maximum atomic E-state index is 12.6. The van der Waals surface area contributed by atoms with Crippen molar-refractivity contribution in [2.45, 2.75) is 31.2 Å². The van der Waals surface area contributed by atoms with E-state index in [2.05, 4.69) is 10.3 Å². The molecule has 2 aromatic heterocycles. The molecule has 0 saturated heterocycles. The summed E-state index contributed by atoms with van der Waals surface area (Å²) in [5.74, 6) is -0.530. The van der Waals surface area contributed by atoms with Gasteiger partial charge in [0.15, 0.2) is 9.84 Å². The average molecular weight is 415 g/mol. The maximum Gasteiger partial charge on any atom is 0.221 e. The number of nitrogens with one attached hydrogen (secondary N) is 1. The molecule has 2 heterocycles. The van der Waals surface area contributed by atoms with Crippen molar-refractivity contribution in [3.05, 3.63) is 81.8 Å². The largest absolute Gasteiger partial charge is 0.344 e. The van der Waals surface area contributed by atoms with Crippen molar-refractivity contribution in [1.29, 1.82) is 0 Å². The lowest BCUT2D eigenvalue weighted by Crippen LogP contribution is -2.30. The van der Waals surface area contributed by atoms with Gasteiger partial charge in [0.2, 0.25) is 5.91 Å². The van der Waals surface area contributed by atoms with Gasteiger partial charge in [0, 0.05) is 23.7 Å². The second-order valence-electron chi connectivity index (χ2n) is 6.61. The molecule has 0 aliphatic rings. The van der Waals surface area contributed by atoms with Crippen LogP contribution in [-0.2, 0) is 14.6 Å². The molecule has 0 aliphatic heterocycles. The number of amides is 1. The van der Waals surface area contributed by atoms with Gasteiger partial charge in [-0.05, 0) is 66.2 Å². The predicted molar refractivity (Wildman–Crippen MR) is 111 cm³/mol. The number of nitrogens with zero attached hydrogens (tertiary/aromatic N) is 1. The van der Waals surface area contributed by atoms with E-state index in [0.717, 1.165) is 21.6 Å². The number of benzene rings is 1. The minimum atomic E-state index is -3.52. The monoisotopic (exact) mass is 414 g/mol. The smallest absolute Gasteiger partial charge is 0.221 e. The van der Waals surface area contributed by atoms with E-state index in [-0.39, 0.29) is 29.0 Å². The molecule has 0 aliphatic carbocycles. The van der Waals surface area contributed by atoms with Crippen molar-refractivity contribution in [2.75, 3.05) is 5.75 Å². The first-order valence-electron chi connectivity index (χ1n) is 8.89. The van der Waals surface area contributed by atoms with Crippen LogP contribution in [0.5, 0.6) is 0 Å². The number of aromatic nitrogens is 1. The molecule has 1 amide bonds. The fourth-order valence-corrected chi connectivity index (χ4v) is 4.94. The molecule has 1 atom stereocenters. The van der Waals surface area contributed by atoms with Crippen molar-refractivity contribution in [2.24, 2.45) is 0 Å². The fourth-order valence-electron chi connectivity index (χ4n) is 2.82. The zero-order valence-corrected chi connectivity index (χ0v) is 17.4. The lowest BCUT2D eigenvalue weighted by atomic mass is 10.1. The van der Waals surface area contributed by atoms with Crippen molar-refractivity contribution in [3.8, 4) is 0 Å². The zero-order valence-electron chi connectivity index (χ0n) is 15.8. The van der Waals surface area contributed by atoms with E-state index in [0.29, 0.717) is 0 Å². The van der Waals surface area contributed by atoms with Crippen LogP contribution in [0.15, 0.2) is 65.1 Å². The first kappa shape index (κ1) is 20.2. The number of sulfone groups is 1. The third kappa shape index (κ3) is 4.85. The summed E-state index contributed by atoms with van der Waals surface area (Å²) in [5.41, 5.74) is 2.86. The molecule has 3 aromatic rings. The van der Waals surface area contributed by atoms with Crippen LogP contribution in [0.1, 0.15) is 34.0 Å². The Labute approximate surface area is 169 Å². The summed E-state index contributed by atoms with van der Waals surface area (Å²) in [4.78, 5) is 17.8. The standard InChI is InChI=1S/C21H22N2O3S2/c1-15-5-6-18(14-16(15)2)28(25,26)13-9-20(24)23-21(19-4-3-12-27-19)17-7-10-22-11-8-17/h3-8,10-12,14,21H,9,13H2,1-2H3,(H,23,24)/t21-/m0/s1. The number of pyridine rings is 1. The number of carbonyl (C=O) groups excluding carboxylic acids is 1. The van der Waals surface area contributed by atoms with Gasteiger partial charge in [-0.25, -0.2) is 8.42 Å². The Morgan fingerprint density at radius 2 is 1.86 bits per heavy atom. The number of hydrogen-bond acceptors (Lipinski definition) is 5. The van der Waals surface area contributed by atoms with Crippen LogP contribution >= 0.6 is 11.3 Å². The van der Waals surface area contributed by atoms with E-state index < -0.39 is 9.84 Å². The van der Waals surface area contributed by atoms with Crippen LogP contribution in [0.3, 0.4) is 0 Å². The van der Waals surface area contributed by atoms with Crippen LogP contribution < -0.4 is 5.32 Å². The highest BCUT2D eigenvalue weighted by Crippen LogP contribution is 2.26. The molecule has 3 rings (SSSR count). The number of rotatable bonds is 7. The van der Waals surface area contributed by atoms with Gasteiger partial charge in [-0.3, -0.25) is 9.78 Å². The van der Waals surface area contributed by atoms with Crippen molar-refractivity contribution >= 4 is 27.1 Å². The predicted octanol–water partition coefficient (Wildman–Crippen LogP) is 3.83. The molecule has 0 spiro atoms. The van der Waals surface area contributed by atoms with Crippen molar-refractivity contribution < 1.29 is 13.2 Å². The van der Waals surface area contributed by atoms with E-state index >= 15 is 0 Å². The van der Waals surface area contributed by atoms with E-state index in [1.54, 1.807) is 30.6 Å². The minimum Gasteiger partial charge on any atom is -0.344 e. The highest BCUT2D eigenvalue weighted by molar-refractivity contribution is 7.91. The number of aryl methyl sites for hydroxylation is 2.